The fourth-order valence-corrected chi connectivity index (χ4v) is 9.56. The monoisotopic (exact) mass is 878 g/mol. The minimum Gasteiger partial charge on any atom is -0.346 e. The van der Waals surface area contributed by atoms with Crippen LogP contribution < -0.4 is 20.3 Å². The first-order valence-electron chi connectivity index (χ1n) is 18.7. The largest absolute Gasteiger partial charge is 0.435 e. The number of fused-ring (bicyclic) bond motifs is 3. The summed E-state index contributed by atoms with van der Waals surface area (Å²) in [6, 6.07) is 8.17. The highest BCUT2D eigenvalue weighted by atomic mass is 32.2. The van der Waals surface area contributed by atoms with Gasteiger partial charge in [0, 0.05) is 67.3 Å². The minimum atomic E-state index is -5.10. The van der Waals surface area contributed by atoms with Gasteiger partial charge in [0.2, 0.25) is 15.9 Å². The molecule has 0 bridgehead atoms. The molecule has 8 rings (SSSR count). The highest BCUT2D eigenvalue weighted by Gasteiger charge is 2.57. The van der Waals surface area contributed by atoms with Gasteiger partial charge in [-0.05, 0) is 42.2 Å². The van der Waals surface area contributed by atoms with Crippen molar-refractivity contribution in [3.8, 4) is 11.1 Å². The van der Waals surface area contributed by atoms with Crippen LogP contribution in [0.2, 0.25) is 0 Å². The predicted octanol–water partition coefficient (Wildman–Crippen LogP) is 6.46. The quantitative estimate of drug-likeness (QED) is 0.132. The maximum absolute atomic E-state index is 15.7. The van der Waals surface area contributed by atoms with Crippen molar-refractivity contribution >= 4 is 59.5 Å². The number of nitrogens with zero attached hydrogens (tertiary/aromatic N) is 7. The number of aryl methyl sites for hydroxylation is 1. The normalized spacial score (nSPS) is 18.6. The van der Waals surface area contributed by atoms with E-state index in [0.717, 1.165) is 25.3 Å². The van der Waals surface area contributed by atoms with Crippen molar-refractivity contribution in [3.05, 3.63) is 82.3 Å². The third kappa shape index (κ3) is 7.63. The van der Waals surface area contributed by atoms with E-state index in [1.54, 1.807) is 31.3 Å². The Labute approximate surface area is 342 Å². The summed E-state index contributed by atoms with van der Waals surface area (Å²) < 4.78 is 133. The number of pyridine rings is 1. The first-order valence-corrected chi connectivity index (χ1v) is 21.4. The van der Waals surface area contributed by atoms with E-state index in [2.05, 4.69) is 30.5 Å². The average molecular weight is 879 g/mol. The van der Waals surface area contributed by atoms with Crippen LogP contribution >= 0.6 is 11.3 Å². The van der Waals surface area contributed by atoms with Crippen LogP contribution in [0.3, 0.4) is 0 Å². The van der Waals surface area contributed by atoms with E-state index in [9.17, 15) is 35.2 Å². The number of benzene rings is 2. The molecule has 0 radical (unpaired) electrons. The second kappa shape index (κ2) is 15.0. The molecule has 1 saturated heterocycles. The number of anilines is 2. The standard InChI is InChI=1S/C38H37F7N10O3S2/c1-18-19(2)37(41,42)33-29(18)32(38(43,44)45)50-55(33)17-28(56)47-26(14-20-12-21(39)15-22(40)13-20)30-25(16-27-35(48-30)49-36(59-27)54-10-8-46-9-11-54)23-6-5-7-24-31(23)53(3)51-34(24)52-60(4,57)58/h5-7,12-13,15-16,18-19,26,46H,8-11,14,17H2,1-4H3,(H,47,56)(H,51,52)/t18-,19+,26-/m0/s1. The number of hydrogen-bond acceptors (Lipinski definition) is 10. The molecule has 318 valence electrons. The number of hydrogen-bond donors (Lipinski definition) is 3. The number of amides is 1. The van der Waals surface area contributed by atoms with Gasteiger partial charge in [0.05, 0.1) is 28.2 Å². The van der Waals surface area contributed by atoms with Crippen molar-refractivity contribution in [3.63, 3.8) is 0 Å². The number of alkyl halides is 5. The molecule has 1 fully saturated rings. The maximum atomic E-state index is 15.7. The van der Waals surface area contributed by atoms with Crippen molar-refractivity contribution in [2.45, 2.75) is 50.9 Å². The summed E-state index contributed by atoms with van der Waals surface area (Å²) in [5.74, 6) is -9.40. The Balaban J connectivity index is 1.30. The second-order valence-corrected chi connectivity index (χ2v) is 17.9. The van der Waals surface area contributed by atoms with Gasteiger partial charge in [-0.3, -0.25) is 18.9 Å². The first kappa shape index (κ1) is 41.4. The SMILES string of the molecule is C[C@@H]1c2c(C(F)(F)F)nn(CC(=O)N[C@@H](Cc3cc(F)cc(F)c3)c3nc4nc(N5CCNCC5)sc4cc3-c3cccc4c(NS(C)(=O)=O)nn(C)c34)c2C(F)(F)[C@@H]1C. The van der Waals surface area contributed by atoms with Gasteiger partial charge < -0.3 is 15.5 Å². The van der Waals surface area contributed by atoms with Gasteiger partial charge in [-0.25, -0.2) is 22.2 Å². The fraction of sp³-hybridized carbons (Fsp3) is 0.395. The van der Waals surface area contributed by atoms with Crippen LogP contribution in [0.25, 0.3) is 32.4 Å². The summed E-state index contributed by atoms with van der Waals surface area (Å²) in [6.07, 6.45) is -4.46. The van der Waals surface area contributed by atoms with Crippen LogP contribution in [-0.4, -0.2) is 76.3 Å². The Kier molecular flexibility index (Phi) is 10.3. The molecular weight excluding hydrogens is 842 g/mol. The van der Waals surface area contributed by atoms with E-state index in [1.807, 2.05) is 0 Å². The van der Waals surface area contributed by atoms with E-state index in [1.165, 1.54) is 22.9 Å². The number of para-hydroxylation sites is 1. The zero-order valence-corrected chi connectivity index (χ0v) is 34.0. The molecular formula is C38H37F7N10O3S2. The van der Waals surface area contributed by atoms with Gasteiger partial charge in [0.1, 0.15) is 23.9 Å². The van der Waals surface area contributed by atoms with Crippen molar-refractivity contribution in [1.82, 2.24) is 40.2 Å². The molecule has 22 heteroatoms. The van der Waals surface area contributed by atoms with Gasteiger partial charge >= 0.3 is 6.18 Å². The number of thiazole rings is 1. The topological polar surface area (TPSA) is 152 Å². The van der Waals surface area contributed by atoms with Crippen LogP contribution in [0.4, 0.5) is 41.7 Å². The summed E-state index contributed by atoms with van der Waals surface area (Å²) >= 11 is 1.34. The average Bonchev–Trinajstić information content (AvgIpc) is 3.89. The predicted molar refractivity (Wildman–Crippen MR) is 210 cm³/mol. The number of aromatic nitrogens is 6. The molecule has 60 heavy (non-hydrogen) atoms. The molecule has 3 N–H and O–H groups in total. The highest BCUT2D eigenvalue weighted by molar-refractivity contribution is 7.92. The smallest absolute Gasteiger partial charge is 0.346 e. The molecule has 13 nitrogen and oxygen atoms in total. The number of halogens is 7. The Morgan fingerprint density at radius 2 is 1.73 bits per heavy atom. The molecule has 4 aromatic heterocycles. The molecule has 1 aliphatic carbocycles. The van der Waals surface area contributed by atoms with Crippen LogP contribution in [0, 0.1) is 17.6 Å². The van der Waals surface area contributed by atoms with Crippen molar-refractivity contribution in [1.29, 1.82) is 0 Å². The van der Waals surface area contributed by atoms with E-state index >= 15 is 8.78 Å². The van der Waals surface area contributed by atoms with Gasteiger partial charge in [0.15, 0.2) is 22.3 Å². The Morgan fingerprint density at radius 3 is 2.40 bits per heavy atom. The lowest BCUT2D eigenvalue weighted by molar-refractivity contribution is -0.143. The van der Waals surface area contributed by atoms with Crippen LogP contribution in [-0.2, 0) is 46.9 Å². The van der Waals surface area contributed by atoms with E-state index in [4.69, 9.17) is 9.97 Å². The van der Waals surface area contributed by atoms with Crippen molar-refractivity contribution in [2.24, 2.45) is 13.0 Å². The lowest BCUT2D eigenvalue weighted by Gasteiger charge is -2.26. The fourth-order valence-electron chi connectivity index (χ4n) is 8.06. The Morgan fingerprint density at radius 1 is 1.03 bits per heavy atom. The number of nitrogens with one attached hydrogen (secondary N) is 3. The summed E-state index contributed by atoms with van der Waals surface area (Å²) in [5.41, 5.74) is -1.60. The molecule has 0 spiro atoms. The van der Waals surface area contributed by atoms with Crippen molar-refractivity contribution in [2.75, 3.05) is 42.1 Å². The third-order valence-corrected chi connectivity index (χ3v) is 12.5. The molecule has 5 heterocycles. The molecule has 1 amide bonds. The molecule has 1 aliphatic heterocycles. The van der Waals surface area contributed by atoms with Crippen molar-refractivity contribution < 1.29 is 43.9 Å². The van der Waals surface area contributed by atoms with Gasteiger partial charge in [-0.2, -0.15) is 37.1 Å². The molecule has 2 aliphatic rings. The van der Waals surface area contributed by atoms with E-state index in [-0.39, 0.29) is 29.1 Å². The number of rotatable bonds is 10. The number of sulfonamides is 1. The van der Waals surface area contributed by atoms with Gasteiger partial charge in [-0.1, -0.05) is 37.3 Å². The zero-order valence-electron chi connectivity index (χ0n) is 32.3. The van der Waals surface area contributed by atoms with Gasteiger partial charge in [-0.15, -0.1) is 0 Å². The number of piperazine rings is 1. The molecule has 0 saturated carbocycles. The summed E-state index contributed by atoms with van der Waals surface area (Å²) in [5, 5.41) is 14.9. The summed E-state index contributed by atoms with van der Waals surface area (Å²) in [6.45, 7) is 4.02. The number of carbonyl (C=O) groups is 1. The second-order valence-electron chi connectivity index (χ2n) is 15.1. The van der Waals surface area contributed by atoms with E-state index in [0.29, 0.717) is 68.8 Å². The lowest BCUT2D eigenvalue weighted by atomic mass is 9.94. The van der Waals surface area contributed by atoms with Crippen LogP contribution in [0.15, 0.2) is 42.5 Å². The van der Waals surface area contributed by atoms with Crippen LogP contribution in [0.1, 0.15) is 54.0 Å². The Bertz CT molecular complexity index is 2760. The van der Waals surface area contributed by atoms with E-state index < -0.39 is 81.0 Å². The highest BCUT2D eigenvalue weighted by Crippen LogP contribution is 2.55. The summed E-state index contributed by atoms with van der Waals surface area (Å²) in [7, 11) is -2.19. The molecule has 2 aromatic carbocycles. The summed E-state index contributed by atoms with van der Waals surface area (Å²) in [4.78, 5) is 25.9. The molecule has 0 unspecified atom stereocenters. The van der Waals surface area contributed by atoms with Gasteiger partial charge in [0.25, 0.3) is 5.92 Å². The third-order valence-electron chi connectivity index (χ3n) is 10.9. The zero-order chi connectivity index (χ0) is 43.1. The Hall–Kier alpha value is -5.35. The number of carbonyl (C=O) groups excluding carboxylic acids is 1. The maximum Gasteiger partial charge on any atom is 0.435 e. The lowest BCUT2D eigenvalue weighted by Crippen LogP contribution is -2.43. The molecule has 6 aromatic rings. The first-order chi connectivity index (χ1) is 28.2. The molecule has 3 atom stereocenters. The van der Waals surface area contributed by atoms with Crippen LogP contribution in [0.5, 0.6) is 0 Å². The minimum absolute atomic E-state index is 0.0247.